The Balaban J connectivity index is 3.04. The van der Waals surface area contributed by atoms with E-state index in [1.54, 1.807) is 0 Å². The smallest absolute Gasteiger partial charge is 0.338 e. The van der Waals surface area contributed by atoms with Crippen LogP contribution in [0, 0.1) is 10.1 Å². The molecule has 7 nitrogen and oxygen atoms in total. The molecule has 1 rings (SSSR count). The van der Waals surface area contributed by atoms with Crippen molar-refractivity contribution in [2.24, 2.45) is 0 Å². The largest absolute Gasteiger partial charge is 0.504 e. The average Bonchev–Trinajstić information content (AvgIpc) is 2.17. The van der Waals surface area contributed by atoms with E-state index in [2.05, 4.69) is 4.84 Å². The van der Waals surface area contributed by atoms with Crippen LogP contribution in [0.2, 0.25) is 0 Å². The molecule has 0 saturated carbocycles. The molecule has 0 heterocycles. The molecule has 0 radical (unpaired) electrons. The van der Waals surface area contributed by atoms with Crippen molar-refractivity contribution in [1.82, 2.24) is 0 Å². The van der Waals surface area contributed by atoms with Crippen molar-refractivity contribution in [1.29, 1.82) is 0 Å². The maximum absolute atomic E-state index is 11.1. The van der Waals surface area contributed by atoms with E-state index in [0.717, 1.165) is 0 Å². The highest BCUT2D eigenvalue weighted by atomic mass is 17.0. The van der Waals surface area contributed by atoms with Crippen molar-refractivity contribution in [2.45, 2.75) is 0 Å². The predicted molar refractivity (Wildman–Crippen MR) is 47.1 cm³/mol. The molecule has 1 N–H and O–H groups in total. The zero-order valence-corrected chi connectivity index (χ0v) is 7.67. The number of ether oxygens (including phenoxy) is 1. The number of benzene rings is 1. The third-order valence-corrected chi connectivity index (χ3v) is 1.60. The number of phenols is 1. The maximum atomic E-state index is 11.1. The van der Waals surface area contributed by atoms with E-state index in [4.69, 9.17) is 4.74 Å². The van der Waals surface area contributed by atoms with Gasteiger partial charge in [0.2, 0.25) is 0 Å². The van der Waals surface area contributed by atoms with Gasteiger partial charge in [0.1, 0.15) is 0 Å². The summed E-state index contributed by atoms with van der Waals surface area (Å²) >= 11 is 0. The SMILES string of the molecule is COc1cccc(C(=O)O[N+](=O)[O-])c1O. The summed E-state index contributed by atoms with van der Waals surface area (Å²) in [4.78, 5) is 24.6. The van der Waals surface area contributed by atoms with Gasteiger partial charge in [-0.15, -0.1) is 10.1 Å². The van der Waals surface area contributed by atoms with E-state index in [9.17, 15) is 20.0 Å². The van der Waals surface area contributed by atoms with E-state index in [1.165, 1.54) is 25.3 Å². The number of methoxy groups -OCH3 is 1. The fraction of sp³-hybridized carbons (Fsp3) is 0.125. The van der Waals surface area contributed by atoms with E-state index >= 15 is 0 Å². The molecule has 0 spiro atoms. The van der Waals surface area contributed by atoms with Crippen LogP contribution < -0.4 is 4.74 Å². The lowest BCUT2D eigenvalue weighted by Crippen LogP contribution is -2.10. The lowest BCUT2D eigenvalue weighted by Gasteiger charge is -2.05. The third kappa shape index (κ3) is 2.33. The van der Waals surface area contributed by atoms with Crippen LogP contribution in [0.5, 0.6) is 11.5 Å². The molecule has 80 valence electrons. The second kappa shape index (κ2) is 4.27. The molecule has 0 unspecified atom stereocenters. The monoisotopic (exact) mass is 213 g/mol. The Labute approximate surface area is 84.0 Å². The van der Waals surface area contributed by atoms with Gasteiger partial charge in [0.05, 0.1) is 12.7 Å². The predicted octanol–water partition coefficient (Wildman–Crippen LogP) is 0.749. The first kappa shape index (κ1) is 10.8. The minimum Gasteiger partial charge on any atom is -0.504 e. The first-order valence-electron chi connectivity index (χ1n) is 3.79. The molecule has 0 amide bonds. The third-order valence-electron chi connectivity index (χ3n) is 1.60. The quantitative estimate of drug-likeness (QED) is 0.587. The van der Waals surface area contributed by atoms with Gasteiger partial charge in [0.25, 0.3) is 0 Å². The van der Waals surface area contributed by atoms with Gasteiger partial charge in [-0.2, -0.15) is 0 Å². The zero-order chi connectivity index (χ0) is 11.4. The molecule has 0 aliphatic rings. The Hall–Kier alpha value is -2.31. The standard InChI is InChI=1S/C8H7NO6/c1-14-6-4-2-3-5(7(6)10)8(11)15-9(12)13/h2-4,10H,1H3. The van der Waals surface area contributed by atoms with Crippen molar-refractivity contribution in [3.63, 3.8) is 0 Å². The van der Waals surface area contributed by atoms with Crippen LogP contribution in [0.3, 0.4) is 0 Å². The molecule has 0 bridgehead atoms. The first-order chi connectivity index (χ1) is 7.06. The summed E-state index contributed by atoms with van der Waals surface area (Å²) in [6, 6.07) is 3.98. The van der Waals surface area contributed by atoms with Gasteiger partial charge in [0, 0.05) is 0 Å². The molecule has 0 aliphatic heterocycles. The molecular formula is C8H7NO6. The summed E-state index contributed by atoms with van der Waals surface area (Å²) in [5.74, 6) is -1.71. The number of hydrogen-bond acceptors (Lipinski definition) is 6. The van der Waals surface area contributed by atoms with Gasteiger partial charge in [-0.25, -0.2) is 4.84 Å². The fourth-order valence-corrected chi connectivity index (χ4v) is 0.969. The van der Waals surface area contributed by atoms with E-state index in [0.29, 0.717) is 0 Å². The van der Waals surface area contributed by atoms with Crippen molar-refractivity contribution in [3.05, 3.63) is 33.9 Å². The zero-order valence-electron chi connectivity index (χ0n) is 7.67. The summed E-state index contributed by atoms with van der Waals surface area (Å²) in [6.07, 6.45) is 0. The van der Waals surface area contributed by atoms with Gasteiger partial charge in [-0.1, -0.05) is 6.07 Å². The van der Waals surface area contributed by atoms with Crippen LogP contribution >= 0.6 is 0 Å². The minimum absolute atomic E-state index is 0.0350. The number of carbonyl (C=O) groups is 1. The highest BCUT2D eigenvalue weighted by Gasteiger charge is 2.17. The Morgan fingerprint density at radius 2 is 2.20 bits per heavy atom. The lowest BCUT2D eigenvalue weighted by atomic mass is 10.2. The topological polar surface area (TPSA) is 98.9 Å². The van der Waals surface area contributed by atoms with Crippen molar-refractivity contribution < 1.29 is 24.6 Å². The minimum atomic E-state index is -1.25. The van der Waals surface area contributed by atoms with Gasteiger partial charge in [0.15, 0.2) is 11.5 Å². The molecular weight excluding hydrogens is 206 g/mol. The molecule has 0 fully saturated rings. The molecule has 7 heteroatoms. The fourth-order valence-electron chi connectivity index (χ4n) is 0.969. The number of phenolic OH excluding ortho intramolecular Hbond substituents is 1. The van der Waals surface area contributed by atoms with Crippen LogP contribution in [0.15, 0.2) is 18.2 Å². The summed E-state index contributed by atoms with van der Waals surface area (Å²) in [6.45, 7) is 0. The molecule has 0 saturated heterocycles. The Bertz CT molecular complexity index is 402. The highest BCUT2D eigenvalue weighted by Crippen LogP contribution is 2.29. The van der Waals surface area contributed by atoms with Crippen LogP contribution in [0.4, 0.5) is 0 Å². The van der Waals surface area contributed by atoms with Crippen molar-refractivity contribution >= 4 is 5.97 Å². The average molecular weight is 213 g/mol. The van der Waals surface area contributed by atoms with Gasteiger partial charge in [-0.05, 0) is 12.1 Å². The van der Waals surface area contributed by atoms with Crippen LogP contribution in [0.1, 0.15) is 10.4 Å². The van der Waals surface area contributed by atoms with Gasteiger partial charge >= 0.3 is 11.1 Å². The molecule has 0 aromatic heterocycles. The summed E-state index contributed by atoms with van der Waals surface area (Å²) in [5.41, 5.74) is -0.328. The molecule has 0 aliphatic carbocycles. The summed E-state index contributed by atoms with van der Waals surface area (Å²) < 4.78 is 4.71. The van der Waals surface area contributed by atoms with Gasteiger partial charge < -0.3 is 9.84 Å². The van der Waals surface area contributed by atoms with Crippen molar-refractivity contribution in [3.8, 4) is 11.5 Å². The molecule has 15 heavy (non-hydrogen) atoms. The number of nitrogens with zero attached hydrogens (tertiary/aromatic N) is 1. The van der Waals surface area contributed by atoms with E-state index in [1.807, 2.05) is 0 Å². The summed E-state index contributed by atoms with van der Waals surface area (Å²) in [7, 11) is 1.29. The lowest BCUT2D eigenvalue weighted by molar-refractivity contribution is -0.727. The first-order valence-corrected chi connectivity index (χ1v) is 3.79. The number of para-hydroxylation sites is 1. The normalized spacial score (nSPS) is 9.40. The Morgan fingerprint density at radius 3 is 2.73 bits per heavy atom. The van der Waals surface area contributed by atoms with Crippen LogP contribution in [-0.2, 0) is 4.84 Å². The van der Waals surface area contributed by atoms with E-state index in [-0.39, 0.29) is 11.3 Å². The maximum Gasteiger partial charge on any atom is 0.338 e. The van der Waals surface area contributed by atoms with Crippen LogP contribution in [0.25, 0.3) is 0 Å². The second-order valence-electron chi connectivity index (χ2n) is 2.46. The molecule has 0 atom stereocenters. The Kier molecular flexibility index (Phi) is 3.06. The Morgan fingerprint density at radius 1 is 1.53 bits per heavy atom. The summed E-state index contributed by atoms with van der Waals surface area (Å²) in [5, 5.41) is 18.1. The number of hydrogen-bond donors (Lipinski definition) is 1. The second-order valence-corrected chi connectivity index (χ2v) is 2.46. The van der Waals surface area contributed by atoms with Crippen molar-refractivity contribution in [2.75, 3.05) is 7.11 Å². The highest BCUT2D eigenvalue weighted by molar-refractivity contribution is 5.92. The molecule has 1 aromatic rings. The van der Waals surface area contributed by atoms with Crippen LogP contribution in [-0.4, -0.2) is 23.3 Å². The number of rotatable bonds is 3. The molecule has 1 aromatic carbocycles. The van der Waals surface area contributed by atoms with E-state index < -0.39 is 16.8 Å². The van der Waals surface area contributed by atoms with Gasteiger partial charge in [-0.3, -0.25) is 4.79 Å². The number of carbonyl (C=O) groups excluding carboxylic acids is 1. The number of aromatic hydroxyl groups is 1.